The normalized spacial score (nSPS) is 19.5. The van der Waals surface area contributed by atoms with Crippen LogP contribution in [0.25, 0.3) is 0 Å². The number of hydrogen-bond acceptors (Lipinski definition) is 0. The Bertz CT molecular complexity index is 388. The third-order valence-electron chi connectivity index (χ3n) is 3.47. The molecule has 1 aromatic carbocycles. The van der Waals surface area contributed by atoms with E-state index in [-0.39, 0.29) is 11.2 Å². The highest BCUT2D eigenvalue weighted by Gasteiger charge is 2.41. The third-order valence-corrected chi connectivity index (χ3v) is 4.45. The summed E-state index contributed by atoms with van der Waals surface area (Å²) in [6.45, 7) is 2.17. The molecule has 0 amide bonds. The fraction of sp³-hybridized carbons (Fsp3) is 0.538. The molecule has 1 saturated carbocycles. The first-order chi connectivity index (χ1) is 7.55. The van der Waals surface area contributed by atoms with Gasteiger partial charge in [0, 0.05) is 10.9 Å². The molecule has 0 saturated heterocycles. The van der Waals surface area contributed by atoms with Crippen molar-refractivity contribution in [2.24, 2.45) is 11.3 Å². The van der Waals surface area contributed by atoms with Gasteiger partial charge >= 0.3 is 0 Å². The molecule has 0 heterocycles. The number of alkyl halides is 1. The van der Waals surface area contributed by atoms with Crippen LogP contribution in [0.4, 0.5) is 4.39 Å². The Balaban J connectivity index is 2.21. The van der Waals surface area contributed by atoms with Crippen molar-refractivity contribution in [3.63, 3.8) is 0 Å². The summed E-state index contributed by atoms with van der Waals surface area (Å²) in [5.41, 5.74) is 0.927. The molecule has 1 atom stereocenters. The van der Waals surface area contributed by atoms with Gasteiger partial charge in [-0.15, -0.1) is 11.6 Å². The van der Waals surface area contributed by atoms with E-state index in [0.29, 0.717) is 16.8 Å². The van der Waals surface area contributed by atoms with Gasteiger partial charge in [0.1, 0.15) is 5.82 Å². The molecule has 0 aromatic heterocycles. The highest BCUT2D eigenvalue weighted by molar-refractivity contribution is 6.31. The van der Waals surface area contributed by atoms with Crippen molar-refractivity contribution in [2.45, 2.75) is 26.2 Å². The van der Waals surface area contributed by atoms with Gasteiger partial charge in [0.25, 0.3) is 0 Å². The van der Waals surface area contributed by atoms with Crippen LogP contribution in [0.5, 0.6) is 0 Å². The molecular formula is C13H15Cl2F. The van der Waals surface area contributed by atoms with E-state index in [2.05, 4.69) is 6.92 Å². The van der Waals surface area contributed by atoms with E-state index < -0.39 is 0 Å². The average molecular weight is 261 g/mol. The Hall–Kier alpha value is -0.270. The quantitative estimate of drug-likeness (QED) is 0.690. The van der Waals surface area contributed by atoms with Gasteiger partial charge < -0.3 is 0 Å². The predicted molar refractivity (Wildman–Crippen MR) is 66.7 cm³/mol. The van der Waals surface area contributed by atoms with Gasteiger partial charge in [0.15, 0.2) is 0 Å². The molecular weight excluding hydrogens is 246 g/mol. The number of rotatable bonds is 4. The van der Waals surface area contributed by atoms with Crippen LogP contribution in [0.2, 0.25) is 5.02 Å². The number of hydrogen-bond donors (Lipinski definition) is 0. The highest BCUT2D eigenvalue weighted by atomic mass is 35.5. The molecule has 0 N–H and O–H groups in total. The minimum Gasteiger partial charge on any atom is -0.207 e. The molecule has 1 aliphatic rings. The summed E-state index contributed by atoms with van der Waals surface area (Å²) in [4.78, 5) is 0. The van der Waals surface area contributed by atoms with Crippen molar-refractivity contribution in [3.05, 3.63) is 34.6 Å². The van der Waals surface area contributed by atoms with Gasteiger partial charge in [0.2, 0.25) is 0 Å². The minimum atomic E-state index is -0.230. The molecule has 16 heavy (non-hydrogen) atoms. The van der Waals surface area contributed by atoms with Crippen LogP contribution in [0.3, 0.4) is 0 Å². The van der Waals surface area contributed by atoms with Crippen molar-refractivity contribution >= 4 is 23.2 Å². The van der Waals surface area contributed by atoms with Crippen LogP contribution >= 0.6 is 23.2 Å². The first kappa shape index (κ1) is 12.2. The summed E-state index contributed by atoms with van der Waals surface area (Å²) in [6, 6.07) is 4.53. The van der Waals surface area contributed by atoms with Crippen molar-refractivity contribution in [2.75, 3.05) is 5.88 Å². The Labute approximate surface area is 106 Å². The monoisotopic (exact) mass is 260 g/mol. The van der Waals surface area contributed by atoms with Gasteiger partial charge in [-0.2, -0.15) is 0 Å². The molecule has 2 rings (SSSR count). The summed E-state index contributed by atoms with van der Waals surface area (Å²) in [7, 11) is 0. The van der Waals surface area contributed by atoms with E-state index in [0.717, 1.165) is 12.0 Å². The molecule has 1 aliphatic carbocycles. The fourth-order valence-electron chi connectivity index (χ4n) is 2.19. The van der Waals surface area contributed by atoms with Crippen molar-refractivity contribution in [3.8, 4) is 0 Å². The molecule has 0 radical (unpaired) electrons. The minimum absolute atomic E-state index is 0.0546. The zero-order chi connectivity index (χ0) is 11.8. The average Bonchev–Trinajstić information content (AvgIpc) is 3.07. The fourth-order valence-corrected chi connectivity index (χ4v) is 2.69. The van der Waals surface area contributed by atoms with Crippen LogP contribution in [-0.2, 0) is 6.42 Å². The maximum absolute atomic E-state index is 13.2. The molecule has 0 bridgehead atoms. The first-order valence-electron chi connectivity index (χ1n) is 5.55. The topological polar surface area (TPSA) is 0 Å². The molecule has 0 nitrogen and oxygen atoms in total. The highest BCUT2D eigenvalue weighted by Crippen LogP contribution is 2.48. The van der Waals surface area contributed by atoms with Crippen LogP contribution in [0.15, 0.2) is 18.2 Å². The van der Waals surface area contributed by atoms with Gasteiger partial charge in [-0.25, -0.2) is 4.39 Å². The maximum Gasteiger partial charge on any atom is 0.123 e. The second-order valence-electron chi connectivity index (χ2n) is 4.97. The van der Waals surface area contributed by atoms with E-state index in [1.807, 2.05) is 0 Å². The summed E-state index contributed by atoms with van der Waals surface area (Å²) in [5.74, 6) is 1.04. The Morgan fingerprint density at radius 2 is 2.12 bits per heavy atom. The molecule has 3 heteroatoms. The van der Waals surface area contributed by atoms with Gasteiger partial charge in [-0.05, 0) is 54.4 Å². The van der Waals surface area contributed by atoms with Gasteiger partial charge in [-0.1, -0.05) is 18.5 Å². The summed E-state index contributed by atoms with van der Waals surface area (Å²) in [6.07, 6.45) is 3.23. The molecule has 0 aliphatic heterocycles. The number of halogens is 3. The third kappa shape index (κ3) is 2.52. The van der Waals surface area contributed by atoms with Crippen LogP contribution in [0.1, 0.15) is 25.3 Å². The summed E-state index contributed by atoms with van der Waals surface area (Å²) < 4.78 is 13.2. The first-order valence-corrected chi connectivity index (χ1v) is 6.46. The van der Waals surface area contributed by atoms with E-state index in [1.165, 1.54) is 25.0 Å². The Kier molecular flexibility index (Phi) is 3.46. The zero-order valence-corrected chi connectivity index (χ0v) is 10.8. The van der Waals surface area contributed by atoms with E-state index >= 15 is 0 Å². The smallest absolute Gasteiger partial charge is 0.123 e. The zero-order valence-electron chi connectivity index (χ0n) is 9.27. The SMILES string of the molecule is CC(CCl)(Cc1cc(F)ccc1Cl)C1CC1. The lowest BCUT2D eigenvalue weighted by Gasteiger charge is -2.27. The van der Waals surface area contributed by atoms with E-state index in [4.69, 9.17) is 23.2 Å². The van der Waals surface area contributed by atoms with E-state index in [9.17, 15) is 4.39 Å². The largest absolute Gasteiger partial charge is 0.207 e. The second-order valence-corrected chi connectivity index (χ2v) is 5.65. The molecule has 1 fully saturated rings. The molecule has 1 aromatic rings. The van der Waals surface area contributed by atoms with E-state index in [1.54, 1.807) is 6.07 Å². The van der Waals surface area contributed by atoms with Crippen molar-refractivity contribution < 1.29 is 4.39 Å². The Morgan fingerprint density at radius 1 is 1.44 bits per heavy atom. The Morgan fingerprint density at radius 3 is 2.69 bits per heavy atom. The maximum atomic E-state index is 13.2. The molecule has 88 valence electrons. The molecule has 1 unspecified atom stereocenters. The summed E-state index contributed by atoms with van der Waals surface area (Å²) in [5, 5.41) is 0.637. The lowest BCUT2D eigenvalue weighted by Crippen LogP contribution is -2.24. The molecule has 0 spiro atoms. The number of benzene rings is 1. The lowest BCUT2D eigenvalue weighted by atomic mass is 9.81. The van der Waals surface area contributed by atoms with Crippen LogP contribution in [0, 0.1) is 17.2 Å². The summed E-state index contributed by atoms with van der Waals surface area (Å²) >= 11 is 12.1. The van der Waals surface area contributed by atoms with Gasteiger partial charge in [-0.3, -0.25) is 0 Å². The standard InChI is InChI=1S/C13H15Cl2F/c1-13(8-14,10-2-3-10)7-9-6-11(16)4-5-12(9)15/h4-6,10H,2-3,7-8H2,1H3. The lowest BCUT2D eigenvalue weighted by molar-refractivity contribution is 0.313. The van der Waals surface area contributed by atoms with Crippen LogP contribution < -0.4 is 0 Å². The second kappa shape index (κ2) is 4.54. The predicted octanol–water partition coefficient (Wildman–Crippen LogP) is 4.68. The van der Waals surface area contributed by atoms with Crippen molar-refractivity contribution in [1.82, 2.24) is 0 Å². The van der Waals surface area contributed by atoms with Gasteiger partial charge in [0.05, 0.1) is 0 Å². The van der Waals surface area contributed by atoms with Crippen LogP contribution in [-0.4, -0.2) is 5.88 Å². The van der Waals surface area contributed by atoms with Crippen molar-refractivity contribution in [1.29, 1.82) is 0 Å².